The number of rotatable bonds is 3. The number of hydrogen-bond donors (Lipinski definition) is 0. The Labute approximate surface area is 139 Å². The first-order valence-corrected chi connectivity index (χ1v) is 9.08. The molecule has 1 amide bonds. The van der Waals surface area contributed by atoms with Gasteiger partial charge >= 0.3 is 0 Å². The molecule has 2 saturated heterocycles. The number of nitrogens with zero attached hydrogens (tertiary/aromatic N) is 3. The van der Waals surface area contributed by atoms with E-state index >= 15 is 0 Å². The number of aryl methyl sites for hydroxylation is 1. The smallest absolute Gasteiger partial charge is 0.273 e. The largest absolute Gasteiger partial charge is 0.465 e. The first-order valence-electron chi connectivity index (χ1n) is 8.14. The normalized spacial score (nSPS) is 24.8. The summed E-state index contributed by atoms with van der Waals surface area (Å²) in [6.07, 6.45) is 1.09. The highest BCUT2D eigenvalue weighted by molar-refractivity contribution is 7.07. The van der Waals surface area contributed by atoms with Gasteiger partial charge in [-0.15, -0.1) is 11.3 Å². The van der Waals surface area contributed by atoms with Crippen LogP contribution < -0.4 is 0 Å². The van der Waals surface area contributed by atoms with Gasteiger partial charge in [0.25, 0.3) is 5.91 Å². The van der Waals surface area contributed by atoms with E-state index in [-0.39, 0.29) is 5.91 Å². The highest BCUT2D eigenvalue weighted by atomic mass is 32.1. The van der Waals surface area contributed by atoms with Gasteiger partial charge in [0.2, 0.25) is 0 Å². The fourth-order valence-electron chi connectivity index (χ4n) is 3.85. The van der Waals surface area contributed by atoms with Crippen molar-refractivity contribution in [3.63, 3.8) is 0 Å². The molecule has 0 unspecified atom stereocenters. The van der Waals surface area contributed by atoms with Crippen molar-refractivity contribution < 1.29 is 9.21 Å². The number of carbonyl (C=O) groups excluding carboxylic acids is 1. The van der Waals surface area contributed by atoms with Crippen molar-refractivity contribution in [2.75, 3.05) is 26.2 Å². The molecule has 0 aliphatic carbocycles. The van der Waals surface area contributed by atoms with Crippen LogP contribution >= 0.6 is 11.3 Å². The third-order valence-electron chi connectivity index (χ3n) is 4.99. The molecule has 2 aromatic rings. The molecule has 4 rings (SSSR count). The summed E-state index contributed by atoms with van der Waals surface area (Å²) in [5, 5.41) is 1.84. The summed E-state index contributed by atoms with van der Waals surface area (Å²) in [5.74, 6) is 3.37. The van der Waals surface area contributed by atoms with Gasteiger partial charge in [-0.05, 0) is 37.3 Å². The number of fused-ring (bicyclic) bond motifs is 1. The molecular formula is C17H21N3O2S. The minimum atomic E-state index is 0.0878. The Kier molecular flexibility index (Phi) is 3.95. The Bertz CT molecular complexity index is 682. The van der Waals surface area contributed by atoms with Crippen LogP contribution in [-0.2, 0) is 6.54 Å². The topological polar surface area (TPSA) is 49.6 Å². The Morgan fingerprint density at radius 2 is 2.22 bits per heavy atom. The van der Waals surface area contributed by atoms with Crippen molar-refractivity contribution in [1.82, 2.24) is 14.8 Å². The summed E-state index contributed by atoms with van der Waals surface area (Å²) in [6, 6.07) is 4.09. The zero-order valence-electron chi connectivity index (χ0n) is 13.3. The third-order valence-corrected chi connectivity index (χ3v) is 5.58. The maximum absolute atomic E-state index is 12.5. The van der Waals surface area contributed by atoms with E-state index < -0.39 is 0 Å². The number of likely N-dealkylation sites (tertiary alicyclic amines) is 2. The average Bonchev–Trinajstić information content (AvgIpc) is 3.26. The molecule has 0 saturated carbocycles. The molecule has 4 heterocycles. The maximum Gasteiger partial charge on any atom is 0.273 e. The van der Waals surface area contributed by atoms with Gasteiger partial charge in [0.15, 0.2) is 0 Å². The molecule has 2 atom stereocenters. The Balaban J connectivity index is 1.37. The van der Waals surface area contributed by atoms with Gasteiger partial charge in [0, 0.05) is 31.6 Å². The lowest BCUT2D eigenvalue weighted by Crippen LogP contribution is -2.43. The lowest BCUT2D eigenvalue weighted by molar-refractivity contribution is 0.0637. The molecule has 2 fully saturated rings. The summed E-state index contributed by atoms with van der Waals surface area (Å²) in [5.41, 5.74) is 2.32. The predicted molar refractivity (Wildman–Crippen MR) is 88.3 cm³/mol. The van der Waals surface area contributed by atoms with Gasteiger partial charge in [-0.2, -0.15) is 0 Å². The summed E-state index contributed by atoms with van der Waals surface area (Å²) < 4.78 is 5.69. The van der Waals surface area contributed by atoms with Crippen molar-refractivity contribution in [1.29, 1.82) is 0 Å². The molecule has 2 aliphatic rings. The van der Waals surface area contributed by atoms with Crippen LogP contribution in [0.5, 0.6) is 0 Å². The lowest BCUT2D eigenvalue weighted by Gasteiger charge is -2.34. The van der Waals surface area contributed by atoms with E-state index in [0.29, 0.717) is 17.5 Å². The van der Waals surface area contributed by atoms with Gasteiger partial charge in [-0.25, -0.2) is 4.98 Å². The fourth-order valence-corrected chi connectivity index (χ4v) is 4.38. The molecule has 0 aromatic carbocycles. The molecule has 5 nitrogen and oxygen atoms in total. The summed E-state index contributed by atoms with van der Waals surface area (Å²) in [4.78, 5) is 21.1. The van der Waals surface area contributed by atoms with E-state index in [0.717, 1.165) is 50.7 Å². The SMILES string of the molecule is Cc1ccc(CN2C[C@H]3CCN(C(=O)c4cscn4)C[C@H]3C2)o1. The van der Waals surface area contributed by atoms with E-state index in [1.165, 1.54) is 11.3 Å². The first-order chi connectivity index (χ1) is 11.2. The zero-order chi connectivity index (χ0) is 15.8. The second-order valence-corrected chi connectivity index (χ2v) is 7.36. The number of carbonyl (C=O) groups is 1. The molecular weight excluding hydrogens is 310 g/mol. The van der Waals surface area contributed by atoms with Gasteiger partial charge in [0.1, 0.15) is 17.2 Å². The lowest BCUT2D eigenvalue weighted by atomic mass is 9.88. The molecule has 6 heteroatoms. The van der Waals surface area contributed by atoms with E-state index in [1.807, 2.05) is 23.3 Å². The van der Waals surface area contributed by atoms with Crippen LogP contribution in [0.15, 0.2) is 27.4 Å². The van der Waals surface area contributed by atoms with Crippen LogP contribution in [-0.4, -0.2) is 46.9 Å². The Morgan fingerprint density at radius 1 is 1.35 bits per heavy atom. The van der Waals surface area contributed by atoms with Crippen LogP contribution in [0.1, 0.15) is 28.4 Å². The number of thiazole rings is 1. The van der Waals surface area contributed by atoms with Crippen molar-refractivity contribution in [2.45, 2.75) is 19.9 Å². The minimum Gasteiger partial charge on any atom is -0.465 e. The van der Waals surface area contributed by atoms with Crippen LogP contribution in [0.2, 0.25) is 0 Å². The number of furan rings is 1. The number of aromatic nitrogens is 1. The predicted octanol–water partition coefficient (Wildman–Crippen LogP) is 2.64. The van der Waals surface area contributed by atoms with Crippen LogP contribution in [0.25, 0.3) is 0 Å². The van der Waals surface area contributed by atoms with Crippen molar-refractivity contribution in [3.05, 3.63) is 40.2 Å². The highest BCUT2D eigenvalue weighted by Gasteiger charge is 2.38. The molecule has 122 valence electrons. The van der Waals surface area contributed by atoms with Gasteiger partial charge in [-0.1, -0.05) is 0 Å². The summed E-state index contributed by atoms with van der Waals surface area (Å²) in [6.45, 7) is 6.73. The van der Waals surface area contributed by atoms with E-state index in [4.69, 9.17) is 4.42 Å². The van der Waals surface area contributed by atoms with Crippen LogP contribution in [0.4, 0.5) is 0 Å². The molecule has 0 radical (unpaired) electrons. The van der Waals surface area contributed by atoms with Crippen LogP contribution in [0.3, 0.4) is 0 Å². The Hall–Kier alpha value is -1.66. The van der Waals surface area contributed by atoms with Crippen LogP contribution in [0, 0.1) is 18.8 Å². The van der Waals surface area contributed by atoms with E-state index in [2.05, 4.69) is 16.0 Å². The zero-order valence-corrected chi connectivity index (χ0v) is 14.1. The van der Waals surface area contributed by atoms with Crippen molar-refractivity contribution in [3.8, 4) is 0 Å². The van der Waals surface area contributed by atoms with Gasteiger partial charge in [0.05, 0.1) is 12.1 Å². The highest BCUT2D eigenvalue weighted by Crippen LogP contribution is 2.32. The van der Waals surface area contributed by atoms with Gasteiger partial charge < -0.3 is 9.32 Å². The fraction of sp³-hybridized carbons (Fsp3) is 0.529. The quantitative estimate of drug-likeness (QED) is 0.867. The monoisotopic (exact) mass is 331 g/mol. The number of piperidine rings is 1. The summed E-state index contributed by atoms with van der Waals surface area (Å²) in [7, 11) is 0. The van der Waals surface area contributed by atoms with Gasteiger partial charge in [-0.3, -0.25) is 9.69 Å². The molecule has 0 N–H and O–H groups in total. The Morgan fingerprint density at radius 3 is 2.96 bits per heavy atom. The van der Waals surface area contributed by atoms with Crippen molar-refractivity contribution >= 4 is 17.2 Å². The number of amides is 1. The standard InChI is InChI=1S/C17H21N3O2S/c1-12-2-3-15(22-12)9-19-6-13-4-5-20(8-14(13)7-19)17(21)16-10-23-11-18-16/h2-3,10-11,13-14H,4-9H2,1H3/t13-,14-/m1/s1. The minimum absolute atomic E-state index is 0.0878. The second kappa shape index (κ2) is 6.09. The van der Waals surface area contributed by atoms with Crippen molar-refractivity contribution in [2.24, 2.45) is 11.8 Å². The first kappa shape index (κ1) is 14.9. The van der Waals surface area contributed by atoms with E-state index in [1.54, 1.807) is 5.51 Å². The summed E-state index contributed by atoms with van der Waals surface area (Å²) >= 11 is 1.48. The molecule has 2 aliphatic heterocycles. The molecule has 0 bridgehead atoms. The number of hydrogen-bond acceptors (Lipinski definition) is 5. The molecule has 2 aromatic heterocycles. The van der Waals surface area contributed by atoms with E-state index in [9.17, 15) is 4.79 Å². The third kappa shape index (κ3) is 3.05. The second-order valence-electron chi connectivity index (χ2n) is 6.64. The molecule has 0 spiro atoms. The molecule has 23 heavy (non-hydrogen) atoms. The average molecular weight is 331 g/mol. The maximum atomic E-state index is 12.5.